The fourth-order valence-electron chi connectivity index (χ4n) is 7.19. The van der Waals surface area contributed by atoms with E-state index in [0.29, 0.717) is 5.56 Å². The molecule has 0 aliphatic carbocycles. The largest absolute Gasteiger partial charge is 0.393 e. The molecule has 0 radical (unpaired) electrons. The molecule has 1 aliphatic heterocycles. The summed E-state index contributed by atoms with van der Waals surface area (Å²) in [6.07, 6.45) is -4.76. The molecule has 1 aliphatic rings. The number of benzene rings is 1. The van der Waals surface area contributed by atoms with Gasteiger partial charge in [-0.25, -0.2) is 0 Å². The molecular formula is C44H69N9O12. The molecule has 1 saturated heterocycles. The number of ketones is 5. The van der Waals surface area contributed by atoms with Crippen molar-refractivity contribution in [3.8, 4) is 0 Å². The van der Waals surface area contributed by atoms with E-state index in [-0.39, 0.29) is 91.2 Å². The SMILES string of the molecule is CC(=O)[C@@H](CC(=O)[C@@H]1CCCNC(=O)CC[C@H](NC(=O)CCC(=O)CN)C(=O)N[C@@H](CCCN=C(N)N)C(=O)N[C@@H](Cc2ccccc2)C(=O)NCC(=O)C[C@@H]([C@@H](C)O)C(=O)C1)[C@@H](C)O.[3HH]. The van der Waals surface area contributed by atoms with Crippen molar-refractivity contribution >= 4 is 64.4 Å². The van der Waals surface area contributed by atoms with Crippen molar-refractivity contribution in [1.29, 1.82) is 0 Å². The lowest BCUT2D eigenvalue weighted by Gasteiger charge is -2.25. The quantitative estimate of drug-likeness (QED) is 0.0467. The molecule has 65 heavy (non-hydrogen) atoms. The molecule has 5 amide bonds. The molecule has 21 heteroatoms. The van der Waals surface area contributed by atoms with Crippen LogP contribution in [0.3, 0.4) is 0 Å². The van der Waals surface area contributed by atoms with Crippen LogP contribution in [0.5, 0.6) is 0 Å². The predicted molar refractivity (Wildman–Crippen MR) is 239 cm³/mol. The van der Waals surface area contributed by atoms with Crippen molar-refractivity contribution in [3.05, 3.63) is 35.9 Å². The maximum atomic E-state index is 14.0. The molecule has 1 fully saturated rings. The average Bonchev–Trinajstić information content (AvgIpc) is 3.25. The highest BCUT2D eigenvalue weighted by Crippen LogP contribution is 2.24. The highest BCUT2D eigenvalue weighted by atomic mass is 16.3. The normalized spacial score (nSPS) is 22.7. The molecule has 1 heterocycles. The Kier molecular flexibility index (Phi) is 24.4. The van der Waals surface area contributed by atoms with Gasteiger partial charge in [0.25, 0.3) is 0 Å². The Morgan fingerprint density at radius 3 is 2.18 bits per heavy atom. The first-order chi connectivity index (χ1) is 30.7. The number of nitrogens with zero attached hydrogens (tertiary/aromatic N) is 1. The molecule has 0 aromatic heterocycles. The molecule has 13 N–H and O–H groups in total. The molecule has 21 nitrogen and oxygen atoms in total. The monoisotopic (exact) mass is 918 g/mol. The second kappa shape index (κ2) is 28.8. The highest BCUT2D eigenvalue weighted by molar-refractivity contribution is 5.97. The Morgan fingerprint density at radius 1 is 0.892 bits per heavy atom. The van der Waals surface area contributed by atoms with Crippen molar-refractivity contribution in [2.75, 3.05) is 26.2 Å². The molecule has 362 valence electrons. The summed E-state index contributed by atoms with van der Waals surface area (Å²) in [5.41, 5.74) is 16.9. The standard InChI is InChI=1S/C44H67N9O12.H2/c1-25(54)32(26(2)55)22-37(59)29-11-7-17-48-39(61)16-14-35(51-40(62)15-13-30(57)23-45)43(65)52-34(12-8-18-49-44(46)47)42(64)53-36(19-28-9-5-4-6-10-28)41(63)50-24-31(58)21-33(27(3)56)38(60)20-29;/h4-6,9-10,25,27,29,32-36,54,56H,7-8,11-24,45H2,1-3H3,(H,48,61)(H,50,63)(H,51,62)(H,52,65)(H,53,64)(H4,46,47,49);1H/t25-,27-,29-,32+,33+,34+,35+,36+;/m1./s1/i;1+2. The third kappa shape index (κ3) is 21.1. The maximum Gasteiger partial charge on any atom is 0.243 e. The summed E-state index contributed by atoms with van der Waals surface area (Å²) in [5.74, 6) is -9.98. The third-order valence-corrected chi connectivity index (χ3v) is 11.0. The molecule has 0 saturated carbocycles. The Labute approximate surface area is 380 Å². The van der Waals surface area contributed by atoms with Crippen molar-refractivity contribution in [2.45, 2.75) is 128 Å². The van der Waals surface area contributed by atoms with Crippen LogP contribution in [-0.2, 0) is 54.4 Å². The maximum absolute atomic E-state index is 14.0. The molecule has 0 bridgehead atoms. The summed E-state index contributed by atoms with van der Waals surface area (Å²) < 4.78 is 0. The van der Waals surface area contributed by atoms with E-state index in [0.717, 1.165) is 0 Å². The van der Waals surface area contributed by atoms with Crippen LogP contribution in [0.25, 0.3) is 0 Å². The van der Waals surface area contributed by atoms with E-state index < -0.39 is 126 Å². The van der Waals surface area contributed by atoms with Gasteiger partial charge in [-0.2, -0.15) is 0 Å². The smallest absolute Gasteiger partial charge is 0.243 e. The minimum absolute atomic E-state index is 0. The van der Waals surface area contributed by atoms with Crippen LogP contribution in [-0.4, -0.2) is 131 Å². The number of hydrogen-bond acceptors (Lipinski definition) is 14. The first-order valence-electron chi connectivity index (χ1n) is 21.9. The number of guanidine groups is 1. The van der Waals surface area contributed by atoms with Gasteiger partial charge in [0.2, 0.25) is 29.5 Å². The Hall–Kier alpha value is -5.93. The Bertz CT molecular complexity index is 1860. The lowest BCUT2D eigenvalue weighted by molar-refractivity contribution is -0.136. The Balaban J connectivity index is 0.0000218. The summed E-state index contributed by atoms with van der Waals surface area (Å²) >= 11 is 0. The number of nitrogens with one attached hydrogen (secondary N) is 5. The van der Waals surface area contributed by atoms with Crippen molar-refractivity contribution < 1.29 is 59.6 Å². The summed E-state index contributed by atoms with van der Waals surface area (Å²) in [5, 5.41) is 33.8. The topological polar surface area (TPSA) is 362 Å². The van der Waals surface area contributed by atoms with Crippen LogP contribution in [0.4, 0.5) is 0 Å². The number of nitrogens with two attached hydrogens (primary N) is 3. The van der Waals surface area contributed by atoms with Crippen LogP contribution in [0.15, 0.2) is 35.3 Å². The van der Waals surface area contributed by atoms with Crippen LogP contribution < -0.4 is 43.8 Å². The number of aliphatic hydroxyl groups is 2. The van der Waals surface area contributed by atoms with Crippen LogP contribution in [0.2, 0.25) is 0 Å². The number of aliphatic hydroxyl groups excluding tert-OH is 2. The van der Waals surface area contributed by atoms with Gasteiger partial charge < -0.3 is 54.0 Å². The average molecular weight is 918 g/mol. The molecule has 0 unspecified atom stereocenters. The summed E-state index contributed by atoms with van der Waals surface area (Å²) in [6, 6.07) is 4.50. The molecule has 1 aromatic carbocycles. The number of rotatable bonds is 17. The molecule has 2 rings (SSSR count). The molecular weight excluding hydrogens is 847 g/mol. The predicted octanol–water partition coefficient (Wildman–Crippen LogP) is -1.83. The van der Waals surface area contributed by atoms with Gasteiger partial charge in [0.1, 0.15) is 41.3 Å². The molecule has 1 aromatic rings. The van der Waals surface area contributed by atoms with Gasteiger partial charge in [0, 0.05) is 71.3 Å². The minimum atomic E-state index is -1.40. The van der Waals surface area contributed by atoms with Crippen molar-refractivity contribution in [1.82, 2.24) is 26.6 Å². The van der Waals surface area contributed by atoms with Crippen LogP contribution in [0, 0.1) is 17.8 Å². The molecule has 8 atom stereocenters. The van der Waals surface area contributed by atoms with Crippen LogP contribution >= 0.6 is 0 Å². The van der Waals surface area contributed by atoms with E-state index in [1.165, 1.54) is 20.8 Å². The first-order valence-corrected chi connectivity index (χ1v) is 21.9. The van der Waals surface area contributed by atoms with Gasteiger partial charge in [0.05, 0.1) is 31.2 Å². The van der Waals surface area contributed by atoms with E-state index in [1.54, 1.807) is 30.3 Å². The summed E-state index contributed by atoms with van der Waals surface area (Å²) in [7, 11) is 0. The fourth-order valence-corrected chi connectivity index (χ4v) is 7.19. The van der Waals surface area contributed by atoms with Gasteiger partial charge in [-0.05, 0) is 58.4 Å². The van der Waals surface area contributed by atoms with Gasteiger partial charge in [-0.1, -0.05) is 30.3 Å². The van der Waals surface area contributed by atoms with Gasteiger partial charge in [0.15, 0.2) is 11.7 Å². The lowest BCUT2D eigenvalue weighted by atomic mass is 9.81. The van der Waals surface area contributed by atoms with Crippen LogP contribution in [0.1, 0.15) is 98.4 Å². The first kappa shape index (κ1) is 55.2. The number of amides is 5. The minimum Gasteiger partial charge on any atom is -0.393 e. The second-order valence-corrected chi connectivity index (χ2v) is 16.5. The van der Waals surface area contributed by atoms with E-state index in [1.807, 2.05) is 0 Å². The Morgan fingerprint density at radius 2 is 1.57 bits per heavy atom. The van der Waals surface area contributed by atoms with Gasteiger partial charge >= 0.3 is 0 Å². The van der Waals surface area contributed by atoms with Gasteiger partial charge in [-0.15, -0.1) is 0 Å². The number of Topliss-reactive ketones (excluding diaryl/α,β-unsaturated/α-hetero) is 5. The number of carbonyl (C=O) groups excluding carboxylic acids is 10. The third-order valence-electron chi connectivity index (χ3n) is 11.0. The highest BCUT2D eigenvalue weighted by Gasteiger charge is 2.34. The van der Waals surface area contributed by atoms with E-state index >= 15 is 0 Å². The van der Waals surface area contributed by atoms with Crippen molar-refractivity contribution in [3.63, 3.8) is 0 Å². The number of aliphatic imine (C=N–C) groups is 1. The fraction of sp³-hybridized carbons (Fsp3) is 0.614. The van der Waals surface area contributed by atoms with Gasteiger partial charge in [-0.3, -0.25) is 52.9 Å². The molecule has 0 spiro atoms. The number of carbonyl (C=O) groups is 10. The number of hydrogen-bond donors (Lipinski definition) is 10. The van der Waals surface area contributed by atoms with E-state index in [9.17, 15) is 58.2 Å². The lowest BCUT2D eigenvalue weighted by Crippen LogP contribution is -2.57. The van der Waals surface area contributed by atoms with Crippen molar-refractivity contribution in [2.24, 2.45) is 39.9 Å². The van der Waals surface area contributed by atoms with E-state index in [4.69, 9.17) is 17.2 Å². The zero-order chi connectivity index (χ0) is 48.6. The zero-order valence-corrected chi connectivity index (χ0v) is 37.5. The second-order valence-electron chi connectivity index (χ2n) is 16.5. The summed E-state index contributed by atoms with van der Waals surface area (Å²) in [4.78, 5) is 137. The zero-order valence-electron chi connectivity index (χ0n) is 37.5. The van der Waals surface area contributed by atoms with E-state index in [2.05, 4.69) is 31.6 Å². The summed E-state index contributed by atoms with van der Waals surface area (Å²) in [6.45, 7) is 3.04.